The normalized spacial score (nSPS) is 32.6. The number of aromatic hydroxyl groups is 3. The first-order chi connectivity index (χ1) is 20.9. The molecule has 0 amide bonds. The molecule has 2 fully saturated rings. The van der Waals surface area contributed by atoms with E-state index in [2.05, 4.69) is 0 Å². The zero-order valence-electron chi connectivity index (χ0n) is 23.0. The molecule has 0 radical (unpaired) electrons. The van der Waals surface area contributed by atoms with Crippen molar-refractivity contribution in [3.8, 4) is 34.3 Å². The van der Waals surface area contributed by atoms with Gasteiger partial charge in [0, 0.05) is 11.6 Å². The fraction of sp³-hybridized carbons (Fsp3) is 0.464. The van der Waals surface area contributed by atoms with Gasteiger partial charge < -0.3 is 74.8 Å². The Bertz CT molecular complexity index is 1580. The van der Waals surface area contributed by atoms with Crippen molar-refractivity contribution >= 4 is 11.0 Å². The van der Waals surface area contributed by atoms with Crippen LogP contribution in [0.25, 0.3) is 22.3 Å². The van der Waals surface area contributed by atoms with E-state index in [1.165, 1.54) is 25.3 Å². The second-order valence-electron chi connectivity index (χ2n) is 10.6. The molecular weight excluding hydrogens is 592 g/mol. The molecule has 3 heterocycles. The van der Waals surface area contributed by atoms with Crippen LogP contribution in [-0.4, -0.2) is 125 Å². The Morgan fingerprint density at radius 1 is 0.727 bits per heavy atom. The standard InChI is InChI=1S/C28H32O16/c1-41-11-3-2-8(4-9(11)31)12-5-10(32)15-20(35)16(27-24(39)22(37)18(33)13(6-29)43-27)21(36)17(26(15)42-12)28-25(40)23(38)19(34)14(7-30)44-28/h2-5,13-14,18-19,22-25,27-31,33-40H,6-7H2,1H3/t13-,14-,18-,19-,22+,23+,24-,25-,27?,28?/m1/s1. The highest BCUT2D eigenvalue weighted by Crippen LogP contribution is 2.51. The summed E-state index contributed by atoms with van der Waals surface area (Å²) < 4.78 is 22.1. The number of phenolic OH excluding ortho intramolecular Hbond substituents is 3. The Morgan fingerprint density at radius 2 is 1.27 bits per heavy atom. The third-order valence-electron chi connectivity index (χ3n) is 8.01. The molecule has 0 bridgehead atoms. The van der Waals surface area contributed by atoms with Gasteiger partial charge >= 0.3 is 0 Å². The van der Waals surface area contributed by atoms with Crippen molar-refractivity contribution < 1.29 is 74.8 Å². The first-order valence-electron chi connectivity index (χ1n) is 13.4. The van der Waals surface area contributed by atoms with Crippen LogP contribution in [0.15, 0.2) is 33.5 Å². The van der Waals surface area contributed by atoms with Crippen LogP contribution in [0.3, 0.4) is 0 Å². The maximum Gasteiger partial charge on any atom is 0.197 e. The van der Waals surface area contributed by atoms with E-state index < -0.39 is 113 Å². The van der Waals surface area contributed by atoms with Gasteiger partial charge in [-0.25, -0.2) is 0 Å². The van der Waals surface area contributed by atoms with Gasteiger partial charge in [0.1, 0.15) is 83.7 Å². The summed E-state index contributed by atoms with van der Waals surface area (Å²) in [6, 6.07) is 4.90. The quantitative estimate of drug-likeness (QED) is 0.136. The van der Waals surface area contributed by atoms with Crippen LogP contribution in [0.2, 0.25) is 0 Å². The molecule has 44 heavy (non-hydrogen) atoms. The summed E-state index contributed by atoms with van der Waals surface area (Å²) in [5, 5.41) is 115. The number of aliphatic hydroxyl groups is 8. The molecule has 1 aromatic heterocycles. The number of fused-ring (bicyclic) bond motifs is 1. The number of aliphatic hydroxyl groups excluding tert-OH is 8. The van der Waals surface area contributed by atoms with Gasteiger partial charge in [-0.15, -0.1) is 0 Å². The minimum atomic E-state index is -2.04. The molecule has 10 atom stereocenters. The lowest BCUT2D eigenvalue weighted by Gasteiger charge is -2.42. The molecule has 2 aliphatic rings. The average Bonchev–Trinajstić information content (AvgIpc) is 3.00. The fourth-order valence-electron chi connectivity index (χ4n) is 5.61. The average molecular weight is 625 g/mol. The topological polar surface area (TPSA) is 280 Å². The van der Waals surface area contributed by atoms with Crippen LogP contribution >= 0.6 is 0 Å². The molecule has 0 aliphatic carbocycles. The zero-order chi connectivity index (χ0) is 32.2. The summed E-state index contributed by atoms with van der Waals surface area (Å²) >= 11 is 0. The van der Waals surface area contributed by atoms with Gasteiger partial charge in [-0.05, 0) is 18.2 Å². The van der Waals surface area contributed by atoms with Crippen molar-refractivity contribution in [1.29, 1.82) is 0 Å². The van der Waals surface area contributed by atoms with E-state index in [4.69, 9.17) is 18.6 Å². The molecule has 2 unspecified atom stereocenters. The summed E-state index contributed by atoms with van der Waals surface area (Å²) in [5.41, 5.74) is -2.76. The zero-order valence-corrected chi connectivity index (χ0v) is 23.0. The van der Waals surface area contributed by atoms with E-state index in [1.807, 2.05) is 0 Å². The number of methoxy groups -OCH3 is 1. The monoisotopic (exact) mass is 624 g/mol. The first kappa shape index (κ1) is 31.9. The molecule has 0 spiro atoms. The number of hydrogen-bond acceptors (Lipinski definition) is 16. The van der Waals surface area contributed by atoms with Gasteiger partial charge in [0.25, 0.3) is 0 Å². The van der Waals surface area contributed by atoms with E-state index >= 15 is 0 Å². The van der Waals surface area contributed by atoms with Gasteiger partial charge in [0.05, 0.1) is 31.5 Å². The van der Waals surface area contributed by atoms with Crippen molar-refractivity contribution in [2.45, 2.75) is 61.0 Å². The van der Waals surface area contributed by atoms with Gasteiger partial charge in [-0.1, -0.05) is 0 Å². The van der Waals surface area contributed by atoms with E-state index in [1.54, 1.807) is 0 Å². The highest BCUT2D eigenvalue weighted by Gasteiger charge is 2.50. The van der Waals surface area contributed by atoms with Gasteiger partial charge in [-0.2, -0.15) is 0 Å². The van der Waals surface area contributed by atoms with Crippen molar-refractivity contribution in [2.75, 3.05) is 20.3 Å². The van der Waals surface area contributed by atoms with Gasteiger partial charge in [-0.3, -0.25) is 4.79 Å². The molecule has 2 aliphatic heterocycles. The third-order valence-corrected chi connectivity index (χ3v) is 8.01. The highest BCUT2D eigenvalue weighted by atomic mass is 16.6. The number of rotatable bonds is 6. The second kappa shape index (κ2) is 12.1. The SMILES string of the molecule is COc1ccc(-c2cc(=O)c3c(O)c(C4O[C@H](CO)[C@@H](O)[C@H](O)[C@H]4O)c(O)c(C4O[C@H](CO)[C@@H](O)[C@H](O)[C@H]4O)c3o2)cc1O. The Hall–Kier alpha value is -3.55. The Labute approximate surface area is 247 Å². The van der Waals surface area contributed by atoms with E-state index in [0.29, 0.717) is 0 Å². The maximum atomic E-state index is 13.6. The number of ether oxygens (including phenoxy) is 3. The number of hydrogen-bond donors (Lipinski definition) is 11. The highest BCUT2D eigenvalue weighted by molar-refractivity contribution is 5.92. The molecule has 16 heteroatoms. The van der Waals surface area contributed by atoms with E-state index in [-0.39, 0.29) is 22.8 Å². The van der Waals surface area contributed by atoms with Crippen LogP contribution in [-0.2, 0) is 9.47 Å². The molecule has 0 saturated carbocycles. The van der Waals surface area contributed by atoms with Crippen LogP contribution in [0.4, 0.5) is 0 Å². The first-order valence-corrected chi connectivity index (χ1v) is 13.4. The van der Waals surface area contributed by atoms with Crippen LogP contribution in [0, 0.1) is 0 Å². The smallest absolute Gasteiger partial charge is 0.197 e. The van der Waals surface area contributed by atoms with Crippen molar-refractivity contribution in [2.24, 2.45) is 0 Å². The second-order valence-corrected chi connectivity index (χ2v) is 10.6. The molecule has 11 N–H and O–H groups in total. The van der Waals surface area contributed by atoms with E-state index in [9.17, 15) is 61.0 Å². The maximum absolute atomic E-state index is 13.6. The minimum Gasteiger partial charge on any atom is -0.507 e. The summed E-state index contributed by atoms with van der Waals surface area (Å²) in [4.78, 5) is 13.6. The summed E-state index contributed by atoms with van der Waals surface area (Å²) in [6.07, 6.45) is -18.4. The van der Waals surface area contributed by atoms with Crippen LogP contribution in [0.5, 0.6) is 23.0 Å². The summed E-state index contributed by atoms with van der Waals surface area (Å²) in [6.45, 7) is -1.73. The number of benzene rings is 2. The third kappa shape index (κ3) is 5.04. The lowest BCUT2D eigenvalue weighted by molar-refractivity contribution is -0.234. The Morgan fingerprint density at radius 3 is 1.77 bits per heavy atom. The van der Waals surface area contributed by atoms with E-state index in [0.717, 1.165) is 6.07 Å². The van der Waals surface area contributed by atoms with Gasteiger partial charge in [0.15, 0.2) is 22.5 Å². The summed E-state index contributed by atoms with van der Waals surface area (Å²) in [5.74, 6) is -2.48. The molecule has 240 valence electrons. The summed E-state index contributed by atoms with van der Waals surface area (Å²) in [7, 11) is 1.32. The predicted molar refractivity (Wildman–Crippen MR) is 145 cm³/mol. The molecule has 2 saturated heterocycles. The minimum absolute atomic E-state index is 0.0957. The fourth-order valence-corrected chi connectivity index (χ4v) is 5.61. The molecule has 5 rings (SSSR count). The van der Waals surface area contributed by atoms with Crippen molar-refractivity contribution in [1.82, 2.24) is 0 Å². The Balaban J connectivity index is 1.82. The molecular formula is C28H32O16. The predicted octanol–water partition coefficient (Wildman–Crippen LogP) is -2.38. The molecule has 3 aromatic rings. The lowest BCUT2D eigenvalue weighted by atomic mass is 9.85. The number of phenols is 3. The van der Waals surface area contributed by atoms with Crippen LogP contribution in [0.1, 0.15) is 23.3 Å². The molecule has 2 aromatic carbocycles. The largest absolute Gasteiger partial charge is 0.507 e. The Kier molecular flexibility index (Phi) is 8.76. The van der Waals surface area contributed by atoms with Crippen LogP contribution < -0.4 is 10.2 Å². The van der Waals surface area contributed by atoms with Crippen molar-refractivity contribution in [3.05, 3.63) is 45.6 Å². The van der Waals surface area contributed by atoms with Crippen molar-refractivity contribution in [3.63, 3.8) is 0 Å². The molecule has 16 nitrogen and oxygen atoms in total. The lowest BCUT2D eigenvalue weighted by Crippen LogP contribution is -2.55. The van der Waals surface area contributed by atoms with Gasteiger partial charge in [0.2, 0.25) is 0 Å².